The molecule has 0 atom stereocenters. The molecule has 0 aliphatic heterocycles. The number of furan rings is 1. The number of aliphatic hydroxyl groups is 1. The molecule has 0 saturated carbocycles. The van der Waals surface area contributed by atoms with Crippen LogP contribution in [0.1, 0.15) is 124 Å². The second-order valence-electron chi connectivity index (χ2n) is 17.3. The zero-order chi connectivity index (χ0) is 40.5. The number of aliphatic hydroxyl groups excluding tert-OH is 1. The Morgan fingerprint density at radius 1 is 0.875 bits per heavy atom. The van der Waals surface area contributed by atoms with Crippen LogP contribution in [0.25, 0.3) is 53.5 Å². The first-order valence-electron chi connectivity index (χ1n) is 20.2. The van der Waals surface area contributed by atoms with Gasteiger partial charge in [0.1, 0.15) is 17.1 Å². The fourth-order valence-electron chi connectivity index (χ4n) is 7.35. The van der Waals surface area contributed by atoms with Crippen molar-refractivity contribution in [3.05, 3.63) is 101 Å². The molecule has 6 rings (SSSR count). The van der Waals surface area contributed by atoms with Crippen molar-refractivity contribution >= 4 is 48.9 Å². The summed E-state index contributed by atoms with van der Waals surface area (Å²) in [6, 6.07) is 23.3. The largest absolute Gasteiger partial charge is 0.512 e. The van der Waals surface area contributed by atoms with Gasteiger partial charge in [0.2, 0.25) is 0 Å². The number of aromatic nitrogens is 1. The Kier molecular flexibility index (Phi) is 14.4. The Labute approximate surface area is 353 Å². The average Bonchev–Trinajstić information content (AvgIpc) is 3.68. The second kappa shape index (κ2) is 17.9. The average molecular weight is 949 g/mol. The number of para-hydroxylation sites is 1. The normalized spacial score (nSPS) is 12.6. The van der Waals surface area contributed by atoms with Gasteiger partial charge >= 0.3 is 0 Å². The van der Waals surface area contributed by atoms with Crippen molar-refractivity contribution in [2.75, 3.05) is 0 Å². The predicted octanol–water partition coefficient (Wildman–Crippen LogP) is 15.1. The van der Waals surface area contributed by atoms with Gasteiger partial charge in [-0.25, -0.2) is 0 Å². The number of rotatable bonds is 11. The SMILES string of the molecule is CCC(C)(CC)C(=O)/C=C(\O)C(C)(CC)CC.Cc1c(CC(C)C)oc2c(-c3sc4ccnc(-c5[c-]c6ccccc6c(C(C)(C)C)c5)c4c3C)cccc12.[Ir]. The molecule has 0 fully saturated rings. The van der Waals surface area contributed by atoms with E-state index in [0.29, 0.717) is 5.92 Å². The fourth-order valence-corrected chi connectivity index (χ4v) is 8.58. The summed E-state index contributed by atoms with van der Waals surface area (Å²) in [6.45, 7) is 27.8. The van der Waals surface area contributed by atoms with Crippen LogP contribution < -0.4 is 0 Å². The predicted molar refractivity (Wildman–Crippen MR) is 236 cm³/mol. The Morgan fingerprint density at radius 2 is 1.50 bits per heavy atom. The monoisotopic (exact) mass is 949 g/mol. The van der Waals surface area contributed by atoms with E-state index in [2.05, 4.69) is 109 Å². The number of benzene rings is 3. The molecule has 4 nitrogen and oxygen atoms in total. The summed E-state index contributed by atoms with van der Waals surface area (Å²) in [5, 5.41) is 15.0. The molecule has 6 aromatic rings. The van der Waals surface area contributed by atoms with Crippen molar-refractivity contribution in [3.8, 4) is 21.7 Å². The number of hydrogen-bond donors (Lipinski definition) is 1. The molecule has 1 N–H and O–H groups in total. The molecule has 0 unspecified atom stereocenters. The topological polar surface area (TPSA) is 63.3 Å². The van der Waals surface area contributed by atoms with Crippen LogP contribution in [0, 0.1) is 36.7 Å². The van der Waals surface area contributed by atoms with Gasteiger partial charge in [-0.1, -0.05) is 117 Å². The number of aryl methyl sites for hydroxylation is 2. The van der Waals surface area contributed by atoms with Crippen molar-refractivity contribution < 1.29 is 34.4 Å². The Hall–Kier alpha value is -3.57. The van der Waals surface area contributed by atoms with E-state index in [4.69, 9.17) is 9.40 Å². The van der Waals surface area contributed by atoms with Gasteiger partial charge in [-0.05, 0) is 79.5 Å². The summed E-state index contributed by atoms with van der Waals surface area (Å²) in [7, 11) is 0. The molecule has 1 radical (unpaired) electrons. The number of carbonyl (C=O) groups excluding carboxylic acids is 1. The van der Waals surface area contributed by atoms with E-state index in [0.717, 1.165) is 60.1 Å². The summed E-state index contributed by atoms with van der Waals surface area (Å²) < 4.78 is 7.79. The third-order valence-electron chi connectivity index (χ3n) is 12.2. The summed E-state index contributed by atoms with van der Waals surface area (Å²) in [5.41, 5.74) is 7.46. The molecule has 0 spiro atoms. The smallest absolute Gasteiger partial charge is 0.164 e. The first-order valence-corrected chi connectivity index (χ1v) is 21.0. The van der Waals surface area contributed by atoms with Crippen LogP contribution in [0.4, 0.5) is 0 Å². The molecule has 301 valence electrons. The Morgan fingerprint density at radius 3 is 2.11 bits per heavy atom. The van der Waals surface area contributed by atoms with Gasteiger partial charge in [0.15, 0.2) is 5.78 Å². The molecule has 0 saturated heterocycles. The van der Waals surface area contributed by atoms with E-state index in [-0.39, 0.29) is 47.9 Å². The van der Waals surface area contributed by atoms with E-state index >= 15 is 0 Å². The minimum Gasteiger partial charge on any atom is -0.512 e. The molecule has 3 heterocycles. The number of fused-ring (bicyclic) bond motifs is 3. The van der Waals surface area contributed by atoms with Crippen LogP contribution in [-0.4, -0.2) is 15.9 Å². The molecule has 56 heavy (non-hydrogen) atoms. The molecule has 6 heteroatoms. The third-order valence-corrected chi connectivity index (χ3v) is 13.5. The van der Waals surface area contributed by atoms with Crippen LogP contribution in [0.3, 0.4) is 0 Å². The molecule has 3 aromatic carbocycles. The van der Waals surface area contributed by atoms with E-state index in [1.807, 2.05) is 59.1 Å². The van der Waals surface area contributed by atoms with Crippen LogP contribution in [-0.2, 0) is 36.7 Å². The fraction of sp³-hybridized carbons (Fsp3) is 0.440. The van der Waals surface area contributed by atoms with Gasteiger partial charge in [-0.3, -0.25) is 9.78 Å². The van der Waals surface area contributed by atoms with Crippen molar-refractivity contribution in [3.63, 3.8) is 0 Å². The van der Waals surface area contributed by atoms with E-state index in [1.165, 1.54) is 54.1 Å². The van der Waals surface area contributed by atoms with Crippen LogP contribution in [0.2, 0.25) is 0 Å². The maximum atomic E-state index is 12.2. The number of thiophene rings is 1. The zero-order valence-electron chi connectivity index (χ0n) is 35.9. The number of pyridine rings is 1. The van der Waals surface area contributed by atoms with Gasteiger partial charge in [-0.2, -0.15) is 0 Å². The summed E-state index contributed by atoms with van der Waals surface area (Å²) in [5.74, 6) is 1.94. The van der Waals surface area contributed by atoms with Crippen LogP contribution in [0.5, 0.6) is 0 Å². The molecular weight excluding hydrogens is 887 g/mol. The van der Waals surface area contributed by atoms with Crippen LogP contribution in [0.15, 0.2) is 77.0 Å². The number of ketones is 1. The number of carbonyl (C=O) groups is 1. The molecular formula is C50H62IrNO3S-. The van der Waals surface area contributed by atoms with E-state index in [1.54, 1.807) is 0 Å². The molecule has 0 bridgehead atoms. The van der Waals surface area contributed by atoms with E-state index in [9.17, 15) is 9.90 Å². The van der Waals surface area contributed by atoms with Crippen LogP contribution >= 0.6 is 11.3 Å². The summed E-state index contributed by atoms with van der Waals surface area (Å²) in [4.78, 5) is 18.4. The summed E-state index contributed by atoms with van der Waals surface area (Å²) >= 11 is 1.83. The maximum absolute atomic E-state index is 12.2. The molecule has 0 aliphatic rings. The molecule has 0 aliphatic carbocycles. The minimum atomic E-state index is -0.337. The Balaban J connectivity index is 0.000000330. The standard InChI is InChI=1S/C35H34NOS.C15H28O2.Ir/c1-20(2)17-29-21(3)25-13-10-14-27(33(25)37-29)34-22(4)31-30(38-34)15-16-36-32(31)24-18-23-11-8-9-12-26(23)28(19-24)35(5,6)7;1-7-14(5,8-2)12(16)11-13(17)15(6,9-3)10-4;/h8-16,19-20H,17H2,1-7H3;11,16H,7-10H2,1-6H3;/q-1;;/b;12-11-;. The van der Waals surface area contributed by atoms with Crippen molar-refractivity contribution in [1.29, 1.82) is 0 Å². The van der Waals surface area contributed by atoms with Crippen molar-refractivity contribution in [2.45, 2.75) is 128 Å². The number of nitrogens with zero attached hydrogens (tertiary/aromatic N) is 1. The van der Waals surface area contributed by atoms with Gasteiger partial charge < -0.3 is 9.52 Å². The number of hydrogen-bond acceptors (Lipinski definition) is 5. The first-order chi connectivity index (χ1) is 25.9. The molecule has 3 aromatic heterocycles. The maximum Gasteiger partial charge on any atom is 0.164 e. The minimum absolute atomic E-state index is 0. The molecule has 0 amide bonds. The quantitative estimate of drug-likeness (QED) is 0.0798. The van der Waals surface area contributed by atoms with E-state index < -0.39 is 0 Å². The Bertz CT molecular complexity index is 2340. The first kappa shape index (κ1) is 45.1. The zero-order valence-corrected chi connectivity index (χ0v) is 39.1. The van der Waals surface area contributed by atoms with Gasteiger partial charge in [0.25, 0.3) is 0 Å². The number of allylic oxidation sites excluding steroid dienone is 2. The second-order valence-corrected chi connectivity index (χ2v) is 18.4. The van der Waals surface area contributed by atoms with Gasteiger partial charge in [0.05, 0.1) is 0 Å². The third kappa shape index (κ3) is 8.94. The van der Waals surface area contributed by atoms with Gasteiger partial charge in [0, 0.05) is 75.8 Å². The van der Waals surface area contributed by atoms with Crippen molar-refractivity contribution in [2.24, 2.45) is 16.7 Å². The summed E-state index contributed by atoms with van der Waals surface area (Å²) in [6.07, 6.45) is 7.65. The van der Waals surface area contributed by atoms with Crippen molar-refractivity contribution in [1.82, 2.24) is 4.98 Å². The van der Waals surface area contributed by atoms with Gasteiger partial charge in [-0.15, -0.1) is 40.5 Å².